The van der Waals surface area contributed by atoms with Crippen molar-refractivity contribution in [3.05, 3.63) is 47.4 Å². The molecule has 0 radical (unpaired) electrons. The van der Waals surface area contributed by atoms with E-state index in [4.69, 9.17) is 11.0 Å². The quantitative estimate of drug-likeness (QED) is 0.818. The van der Waals surface area contributed by atoms with Crippen molar-refractivity contribution >= 4 is 17.2 Å². The molecule has 0 fully saturated rings. The van der Waals surface area contributed by atoms with E-state index in [2.05, 4.69) is 10.3 Å². The van der Waals surface area contributed by atoms with Crippen LogP contribution < -0.4 is 11.1 Å². The Kier molecular flexibility index (Phi) is 3.25. The maximum atomic E-state index is 13.0. The Hall–Kier alpha value is -2.75. The first kappa shape index (κ1) is 12.7. The zero-order chi connectivity index (χ0) is 14.0. The first-order valence-corrected chi connectivity index (χ1v) is 5.08. The molecule has 2 aromatic rings. The first-order chi connectivity index (χ1) is 9.01. The second kappa shape index (κ2) is 4.86. The normalized spacial score (nSPS) is 10.0. The highest BCUT2D eigenvalue weighted by Gasteiger charge is 2.12. The Bertz CT molecular complexity index is 656. The zero-order valence-corrected chi connectivity index (χ0v) is 9.42. The van der Waals surface area contributed by atoms with E-state index in [0.29, 0.717) is 0 Å². The van der Waals surface area contributed by atoms with Gasteiger partial charge in [-0.1, -0.05) is 0 Å². The lowest BCUT2D eigenvalue weighted by molar-refractivity contribution is 0.448. The van der Waals surface area contributed by atoms with Crippen LogP contribution in [-0.2, 0) is 0 Å². The second-order valence-electron chi connectivity index (χ2n) is 3.66. The molecule has 1 heterocycles. The van der Waals surface area contributed by atoms with E-state index >= 15 is 0 Å². The van der Waals surface area contributed by atoms with E-state index in [1.165, 1.54) is 12.3 Å². The number of benzene rings is 1. The smallest absolute Gasteiger partial charge is 0.194 e. The first-order valence-electron chi connectivity index (χ1n) is 5.08. The molecule has 96 valence electrons. The molecule has 0 unspecified atom stereocenters. The summed E-state index contributed by atoms with van der Waals surface area (Å²) in [6.45, 7) is 0. The summed E-state index contributed by atoms with van der Waals surface area (Å²) < 4.78 is 38.8. The molecule has 0 atom stereocenters. The highest BCUT2D eigenvalue weighted by molar-refractivity contribution is 5.65. The van der Waals surface area contributed by atoms with E-state index < -0.39 is 17.5 Å². The third kappa shape index (κ3) is 2.57. The number of halogens is 3. The molecular weight excluding hydrogens is 257 g/mol. The third-order valence-corrected chi connectivity index (χ3v) is 2.28. The van der Waals surface area contributed by atoms with Gasteiger partial charge in [0.15, 0.2) is 17.5 Å². The van der Waals surface area contributed by atoms with Crippen LogP contribution >= 0.6 is 0 Å². The van der Waals surface area contributed by atoms with Crippen molar-refractivity contribution < 1.29 is 13.2 Å². The molecule has 0 saturated carbocycles. The predicted octanol–water partition coefficient (Wildman–Crippen LogP) is 2.70. The highest BCUT2D eigenvalue weighted by atomic mass is 19.2. The van der Waals surface area contributed by atoms with Crippen molar-refractivity contribution in [2.24, 2.45) is 0 Å². The van der Waals surface area contributed by atoms with Crippen molar-refractivity contribution in [1.29, 1.82) is 5.26 Å². The lowest BCUT2D eigenvalue weighted by Crippen LogP contribution is -2.01. The van der Waals surface area contributed by atoms with Crippen LogP contribution in [0.25, 0.3) is 0 Å². The van der Waals surface area contributed by atoms with Crippen LogP contribution in [0.1, 0.15) is 5.56 Å². The van der Waals surface area contributed by atoms with Crippen molar-refractivity contribution in [2.45, 2.75) is 0 Å². The Morgan fingerprint density at radius 3 is 2.37 bits per heavy atom. The summed E-state index contributed by atoms with van der Waals surface area (Å²) in [5, 5.41) is 11.4. The van der Waals surface area contributed by atoms with E-state index in [-0.39, 0.29) is 22.8 Å². The maximum absolute atomic E-state index is 13.0. The third-order valence-electron chi connectivity index (χ3n) is 2.28. The summed E-state index contributed by atoms with van der Waals surface area (Å²) in [4.78, 5) is 3.83. The van der Waals surface area contributed by atoms with Crippen LogP contribution in [0, 0.1) is 28.8 Å². The molecule has 0 saturated heterocycles. The molecule has 0 spiro atoms. The van der Waals surface area contributed by atoms with Gasteiger partial charge in [-0.3, -0.25) is 0 Å². The molecule has 1 aromatic heterocycles. The number of hydrogen-bond acceptors (Lipinski definition) is 4. The molecular formula is C12H7F3N4. The predicted molar refractivity (Wildman–Crippen MR) is 63.0 cm³/mol. The largest absolute Gasteiger partial charge is 0.397 e. The van der Waals surface area contributed by atoms with Crippen LogP contribution in [0.3, 0.4) is 0 Å². The summed E-state index contributed by atoms with van der Waals surface area (Å²) in [5.74, 6) is -4.16. The standard InChI is InChI=1S/C12H7F3N4/c13-9-2-8(3-10(14)11(9)15)19-12-6(4-16)1-7(17)5-18-12/h1-3,5H,17H2,(H,18,19). The average Bonchev–Trinajstić information content (AvgIpc) is 2.38. The summed E-state index contributed by atoms with van der Waals surface area (Å²) in [6.07, 6.45) is 1.28. The zero-order valence-electron chi connectivity index (χ0n) is 9.42. The number of rotatable bonds is 2. The lowest BCUT2D eigenvalue weighted by Gasteiger charge is -2.08. The monoisotopic (exact) mass is 264 g/mol. The van der Waals surface area contributed by atoms with Gasteiger partial charge >= 0.3 is 0 Å². The van der Waals surface area contributed by atoms with Gasteiger partial charge in [0.05, 0.1) is 17.4 Å². The van der Waals surface area contributed by atoms with Crippen LogP contribution in [0.15, 0.2) is 24.4 Å². The number of nitrogens with zero attached hydrogens (tertiary/aromatic N) is 2. The summed E-state index contributed by atoms with van der Waals surface area (Å²) >= 11 is 0. The molecule has 0 aliphatic carbocycles. The van der Waals surface area contributed by atoms with E-state index in [9.17, 15) is 13.2 Å². The van der Waals surface area contributed by atoms with E-state index in [1.54, 1.807) is 0 Å². The van der Waals surface area contributed by atoms with Crippen molar-refractivity contribution in [3.63, 3.8) is 0 Å². The van der Waals surface area contributed by atoms with Gasteiger partial charge < -0.3 is 11.1 Å². The van der Waals surface area contributed by atoms with Gasteiger partial charge in [-0.05, 0) is 6.07 Å². The summed E-state index contributed by atoms with van der Waals surface area (Å²) in [5.41, 5.74) is 5.77. The van der Waals surface area contributed by atoms with Crippen LogP contribution in [0.4, 0.5) is 30.4 Å². The van der Waals surface area contributed by atoms with Gasteiger partial charge in [-0.25, -0.2) is 18.2 Å². The van der Waals surface area contributed by atoms with Gasteiger partial charge in [-0.15, -0.1) is 0 Å². The fraction of sp³-hybridized carbons (Fsp3) is 0. The number of anilines is 3. The summed E-state index contributed by atoms with van der Waals surface area (Å²) in [6, 6.07) is 4.71. The van der Waals surface area contributed by atoms with E-state index in [0.717, 1.165) is 12.1 Å². The van der Waals surface area contributed by atoms with Gasteiger partial charge in [0, 0.05) is 17.8 Å². The molecule has 0 aliphatic rings. The molecule has 0 amide bonds. The van der Waals surface area contributed by atoms with Crippen molar-refractivity contribution in [1.82, 2.24) is 4.98 Å². The molecule has 3 N–H and O–H groups in total. The molecule has 2 rings (SSSR count). The fourth-order valence-corrected chi connectivity index (χ4v) is 1.43. The Morgan fingerprint density at radius 1 is 1.16 bits per heavy atom. The van der Waals surface area contributed by atoms with E-state index in [1.807, 2.05) is 6.07 Å². The lowest BCUT2D eigenvalue weighted by atomic mass is 10.2. The minimum atomic E-state index is -1.56. The number of pyridine rings is 1. The number of hydrogen-bond donors (Lipinski definition) is 2. The number of nitrogen functional groups attached to an aromatic ring is 1. The minimum Gasteiger partial charge on any atom is -0.397 e. The molecule has 19 heavy (non-hydrogen) atoms. The van der Waals surface area contributed by atoms with Crippen LogP contribution in [0.5, 0.6) is 0 Å². The molecule has 1 aromatic carbocycles. The Balaban J connectivity index is 2.40. The van der Waals surface area contributed by atoms with Gasteiger partial charge in [0.2, 0.25) is 0 Å². The number of nitrogens with one attached hydrogen (secondary N) is 1. The second-order valence-corrected chi connectivity index (χ2v) is 3.66. The van der Waals surface area contributed by atoms with Crippen LogP contribution in [-0.4, -0.2) is 4.98 Å². The number of nitrogens with two attached hydrogens (primary N) is 1. The molecule has 0 bridgehead atoms. The minimum absolute atomic E-state index is 0.0647. The van der Waals surface area contributed by atoms with Crippen molar-refractivity contribution in [3.8, 4) is 6.07 Å². The van der Waals surface area contributed by atoms with Crippen LogP contribution in [0.2, 0.25) is 0 Å². The Labute approximate surface area is 106 Å². The van der Waals surface area contributed by atoms with Gasteiger partial charge in [0.25, 0.3) is 0 Å². The number of aromatic nitrogens is 1. The Morgan fingerprint density at radius 2 is 1.79 bits per heavy atom. The highest BCUT2D eigenvalue weighted by Crippen LogP contribution is 2.23. The molecule has 7 heteroatoms. The average molecular weight is 264 g/mol. The van der Waals surface area contributed by atoms with Gasteiger partial charge in [0.1, 0.15) is 11.9 Å². The fourth-order valence-electron chi connectivity index (χ4n) is 1.43. The SMILES string of the molecule is N#Cc1cc(N)cnc1Nc1cc(F)c(F)c(F)c1. The molecule has 4 nitrogen and oxygen atoms in total. The number of nitriles is 1. The topological polar surface area (TPSA) is 74.7 Å². The summed E-state index contributed by atoms with van der Waals surface area (Å²) in [7, 11) is 0. The van der Waals surface area contributed by atoms with Crippen molar-refractivity contribution in [2.75, 3.05) is 11.1 Å². The molecule has 0 aliphatic heterocycles. The van der Waals surface area contributed by atoms with Gasteiger partial charge in [-0.2, -0.15) is 5.26 Å². The maximum Gasteiger partial charge on any atom is 0.194 e.